The number of nitrogens with zero attached hydrogens (tertiary/aromatic N) is 1. The van der Waals surface area contributed by atoms with Gasteiger partial charge in [0.05, 0.1) is 5.69 Å². The van der Waals surface area contributed by atoms with Crippen LogP contribution < -0.4 is 10.5 Å². The van der Waals surface area contributed by atoms with E-state index in [-0.39, 0.29) is 11.5 Å². The SMILES string of the molecule is CC(C)(C)c1ccccc1Oc1nc(CN)co1. The first-order valence-electron chi connectivity index (χ1n) is 5.92. The Hall–Kier alpha value is -1.81. The van der Waals surface area contributed by atoms with Gasteiger partial charge in [0.15, 0.2) is 0 Å². The number of rotatable bonds is 3. The second kappa shape index (κ2) is 4.82. The van der Waals surface area contributed by atoms with Gasteiger partial charge in [-0.3, -0.25) is 0 Å². The maximum absolute atomic E-state index is 5.69. The molecule has 0 amide bonds. The highest BCUT2D eigenvalue weighted by molar-refractivity contribution is 5.39. The van der Waals surface area contributed by atoms with Crippen molar-refractivity contribution in [2.75, 3.05) is 0 Å². The predicted molar refractivity (Wildman–Crippen MR) is 69.6 cm³/mol. The quantitative estimate of drug-likeness (QED) is 0.903. The molecule has 0 atom stereocenters. The summed E-state index contributed by atoms with van der Waals surface area (Å²) in [4.78, 5) is 4.13. The van der Waals surface area contributed by atoms with E-state index >= 15 is 0 Å². The molecule has 2 aromatic rings. The lowest BCUT2D eigenvalue weighted by Crippen LogP contribution is -2.12. The van der Waals surface area contributed by atoms with E-state index < -0.39 is 0 Å². The Balaban J connectivity index is 2.29. The van der Waals surface area contributed by atoms with E-state index in [2.05, 4.69) is 25.8 Å². The van der Waals surface area contributed by atoms with Crippen LogP contribution in [-0.2, 0) is 12.0 Å². The Morgan fingerprint density at radius 3 is 2.61 bits per heavy atom. The average molecular weight is 246 g/mol. The van der Waals surface area contributed by atoms with Gasteiger partial charge in [0.2, 0.25) is 0 Å². The van der Waals surface area contributed by atoms with E-state index in [0.29, 0.717) is 12.2 Å². The molecule has 96 valence electrons. The van der Waals surface area contributed by atoms with Crippen molar-refractivity contribution in [3.8, 4) is 11.8 Å². The summed E-state index contributed by atoms with van der Waals surface area (Å²) in [6.07, 6.45) is 1.74. The summed E-state index contributed by atoms with van der Waals surface area (Å²) < 4.78 is 10.9. The molecule has 0 aliphatic carbocycles. The van der Waals surface area contributed by atoms with Crippen LogP contribution in [0.4, 0.5) is 0 Å². The Labute approximate surface area is 107 Å². The Morgan fingerprint density at radius 1 is 1.28 bits per heavy atom. The third kappa shape index (κ3) is 2.71. The first kappa shape index (κ1) is 12.6. The maximum atomic E-state index is 5.69. The highest BCUT2D eigenvalue weighted by Gasteiger charge is 2.19. The number of nitrogens with two attached hydrogens (primary N) is 1. The molecule has 0 unspecified atom stereocenters. The summed E-state index contributed by atoms with van der Waals surface area (Å²) in [5.74, 6) is 0.760. The summed E-state index contributed by atoms with van der Waals surface area (Å²) in [6.45, 7) is 6.75. The monoisotopic (exact) mass is 246 g/mol. The molecule has 0 spiro atoms. The molecule has 0 bridgehead atoms. The van der Waals surface area contributed by atoms with Gasteiger partial charge < -0.3 is 14.9 Å². The fourth-order valence-electron chi connectivity index (χ4n) is 1.70. The molecule has 4 heteroatoms. The molecule has 4 nitrogen and oxygen atoms in total. The van der Waals surface area contributed by atoms with Crippen LogP contribution in [0.3, 0.4) is 0 Å². The third-order valence-electron chi connectivity index (χ3n) is 2.63. The largest absolute Gasteiger partial charge is 0.417 e. The second-order valence-electron chi connectivity index (χ2n) is 5.16. The van der Waals surface area contributed by atoms with Crippen LogP contribution in [0.1, 0.15) is 32.0 Å². The van der Waals surface area contributed by atoms with Gasteiger partial charge in [0.25, 0.3) is 0 Å². The van der Waals surface area contributed by atoms with E-state index in [1.54, 1.807) is 0 Å². The molecule has 0 saturated carbocycles. The van der Waals surface area contributed by atoms with Crippen molar-refractivity contribution in [1.29, 1.82) is 0 Å². The Bertz CT molecular complexity index is 527. The van der Waals surface area contributed by atoms with Gasteiger partial charge in [0.1, 0.15) is 12.0 Å². The summed E-state index contributed by atoms with van der Waals surface area (Å²) in [6, 6.07) is 7.88. The molecule has 0 aliphatic rings. The zero-order chi connectivity index (χ0) is 13.2. The van der Waals surface area contributed by atoms with E-state index in [0.717, 1.165) is 11.3 Å². The summed E-state index contributed by atoms with van der Waals surface area (Å²) in [5.41, 5.74) is 7.27. The zero-order valence-electron chi connectivity index (χ0n) is 10.9. The van der Waals surface area contributed by atoms with Crippen molar-refractivity contribution >= 4 is 0 Å². The third-order valence-corrected chi connectivity index (χ3v) is 2.63. The number of aromatic nitrogens is 1. The van der Waals surface area contributed by atoms with Crippen molar-refractivity contribution in [3.05, 3.63) is 41.8 Å². The lowest BCUT2D eigenvalue weighted by Gasteiger charge is -2.21. The van der Waals surface area contributed by atoms with Gasteiger partial charge in [-0.15, -0.1) is 0 Å². The van der Waals surface area contributed by atoms with E-state index in [1.165, 1.54) is 6.26 Å². The van der Waals surface area contributed by atoms with E-state index in [9.17, 15) is 0 Å². The molecule has 1 aromatic heterocycles. The molecular weight excluding hydrogens is 228 g/mol. The van der Waals surface area contributed by atoms with Crippen LogP contribution in [-0.4, -0.2) is 4.98 Å². The standard InChI is InChI=1S/C14H18N2O2/c1-14(2,3)11-6-4-5-7-12(11)18-13-16-10(8-15)9-17-13/h4-7,9H,8,15H2,1-3H3. The molecule has 0 saturated heterocycles. The minimum atomic E-state index is -0.000115. The number of oxazole rings is 1. The minimum absolute atomic E-state index is 0.000115. The van der Waals surface area contributed by atoms with Crippen molar-refractivity contribution in [1.82, 2.24) is 4.98 Å². The van der Waals surface area contributed by atoms with Crippen molar-refractivity contribution in [3.63, 3.8) is 0 Å². The average Bonchev–Trinajstić information content (AvgIpc) is 2.76. The predicted octanol–water partition coefficient (Wildman–Crippen LogP) is 3.22. The van der Waals surface area contributed by atoms with Crippen molar-refractivity contribution in [2.24, 2.45) is 5.73 Å². The summed E-state index contributed by atoms with van der Waals surface area (Å²) >= 11 is 0. The van der Waals surface area contributed by atoms with Gasteiger partial charge in [-0.2, -0.15) is 4.98 Å². The smallest absolute Gasteiger partial charge is 0.399 e. The molecule has 2 rings (SSSR count). The van der Waals surface area contributed by atoms with Crippen LogP contribution in [0, 0.1) is 0 Å². The molecule has 1 heterocycles. The van der Waals surface area contributed by atoms with Crippen LogP contribution in [0.5, 0.6) is 11.8 Å². The number of benzene rings is 1. The van der Waals surface area contributed by atoms with Crippen LogP contribution >= 0.6 is 0 Å². The van der Waals surface area contributed by atoms with Gasteiger partial charge in [-0.05, 0) is 11.5 Å². The number of ether oxygens (including phenoxy) is 1. The molecular formula is C14H18N2O2. The lowest BCUT2D eigenvalue weighted by atomic mass is 9.86. The molecule has 0 aliphatic heterocycles. The van der Waals surface area contributed by atoms with Gasteiger partial charge in [-0.1, -0.05) is 39.0 Å². The summed E-state index contributed by atoms with van der Waals surface area (Å²) in [7, 11) is 0. The highest BCUT2D eigenvalue weighted by atomic mass is 16.6. The fraction of sp³-hybridized carbons (Fsp3) is 0.357. The zero-order valence-corrected chi connectivity index (χ0v) is 10.9. The van der Waals surface area contributed by atoms with Gasteiger partial charge >= 0.3 is 6.08 Å². The van der Waals surface area contributed by atoms with Crippen molar-refractivity contribution in [2.45, 2.75) is 32.7 Å². The first-order chi connectivity index (χ1) is 8.50. The molecule has 2 N–H and O–H groups in total. The van der Waals surface area contributed by atoms with E-state index in [1.807, 2.05) is 24.3 Å². The molecule has 18 heavy (non-hydrogen) atoms. The molecule has 1 aromatic carbocycles. The Kier molecular flexibility index (Phi) is 3.39. The van der Waals surface area contributed by atoms with E-state index in [4.69, 9.17) is 14.9 Å². The molecule has 0 radical (unpaired) electrons. The van der Waals surface area contributed by atoms with Crippen LogP contribution in [0.25, 0.3) is 0 Å². The topological polar surface area (TPSA) is 61.3 Å². The van der Waals surface area contributed by atoms with Gasteiger partial charge in [-0.25, -0.2) is 0 Å². The lowest BCUT2D eigenvalue weighted by molar-refractivity contribution is 0.324. The fourth-order valence-corrected chi connectivity index (χ4v) is 1.70. The normalized spacial score (nSPS) is 11.6. The highest BCUT2D eigenvalue weighted by Crippen LogP contribution is 2.33. The van der Waals surface area contributed by atoms with Crippen molar-refractivity contribution < 1.29 is 9.15 Å². The molecule has 0 fully saturated rings. The summed E-state index contributed by atoms with van der Waals surface area (Å²) in [5, 5.41) is 0. The number of para-hydroxylation sites is 1. The van der Waals surface area contributed by atoms with Crippen LogP contribution in [0.15, 0.2) is 34.9 Å². The Morgan fingerprint density at radius 2 is 2.00 bits per heavy atom. The maximum Gasteiger partial charge on any atom is 0.399 e. The second-order valence-corrected chi connectivity index (χ2v) is 5.16. The van der Waals surface area contributed by atoms with Crippen LogP contribution in [0.2, 0.25) is 0 Å². The minimum Gasteiger partial charge on any atom is -0.417 e. The number of hydrogen-bond acceptors (Lipinski definition) is 4. The first-order valence-corrected chi connectivity index (χ1v) is 5.92. The number of hydrogen-bond donors (Lipinski definition) is 1. The van der Waals surface area contributed by atoms with Gasteiger partial charge in [0, 0.05) is 12.1 Å².